The topological polar surface area (TPSA) is 105 Å². The quantitative estimate of drug-likeness (QED) is 0.425. The predicted molar refractivity (Wildman–Crippen MR) is 58.6 cm³/mol. The maximum absolute atomic E-state index is 11.4. The largest absolute Gasteiger partial charge is 0.425 e. The van der Waals surface area contributed by atoms with Crippen LogP contribution in [0.2, 0.25) is 0 Å². The van der Waals surface area contributed by atoms with Crippen molar-refractivity contribution in [3.05, 3.63) is 0 Å². The van der Waals surface area contributed by atoms with Gasteiger partial charge in [-0.2, -0.15) is 0 Å². The Bertz CT molecular complexity index is 308. The van der Waals surface area contributed by atoms with Gasteiger partial charge in [0.2, 0.25) is 5.91 Å². The molecule has 0 aromatic rings. The number of ether oxygens (including phenoxy) is 1. The van der Waals surface area contributed by atoms with Gasteiger partial charge in [-0.05, 0) is 0 Å². The number of rotatable bonds is 4. The van der Waals surface area contributed by atoms with E-state index in [9.17, 15) is 14.4 Å². The Morgan fingerprint density at radius 3 is 2.24 bits per heavy atom. The molecule has 0 aliphatic heterocycles. The minimum absolute atomic E-state index is 0.330. The van der Waals surface area contributed by atoms with Crippen LogP contribution < -0.4 is 10.6 Å². The van der Waals surface area contributed by atoms with Gasteiger partial charge in [0.1, 0.15) is 6.54 Å². The summed E-state index contributed by atoms with van der Waals surface area (Å²) in [6, 6.07) is 0. The lowest BCUT2D eigenvalue weighted by molar-refractivity contribution is -0.175. The molecule has 0 radical (unpaired) electrons. The van der Waals surface area contributed by atoms with E-state index in [0.29, 0.717) is 0 Å². The molecule has 0 heterocycles. The monoisotopic (exact) mass is 246 g/mol. The average Bonchev–Trinajstić information content (AvgIpc) is 2.23. The maximum atomic E-state index is 11.4. The zero-order chi connectivity index (χ0) is 13.6. The number of carbonyl (C=O) groups excluding carboxylic acids is 3. The number of hydrogen-bond acceptors (Lipinski definition) is 5. The van der Waals surface area contributed by atoms with Crippen LogP contribution in [0.25, 0.3) is 0 Å². The molecule has 0 saturated carbocycles. The van der Waals surface area contributed by atoms with E-state index >= 15 is 0 Å². The normalized spacial score (nSPS) is 12.5. The summed E-state index contributed by atoms with van der Waals surface area (Å²) in [6.07, 6.45) is -1.86. The van der Waals surface area contributed by atoms with Crippen molar-refractivity contribution in [3.63, 3.8) is 0 Å². The smallest absolute Gasteiger partial charge is 0.328 e. The summed E-state index contributed by atoms with van der Waals surface area (Å²) in [4.78, 5) is 33.3. The first-order valence-electron chi connectivity index (χ1n) is 5.06. The van der Waals surface area contributed by atoms with Crippen molar-refractivity contribution in [1.29, 1.82) is 0 Å². The zero-order valence-electron chi connectivity index (χ0n) is 10.4. The van der Waals surface area contributed by atoms with Crippen LogP contribution in [0.15, 0.2) is 0 Å². The molecule has 2 amide bonds. The summed E-state index contributed by atoms with van der Waals surface area (Å²) < 4.78 is 4.36. The van der Waals surface area contributed by atoms with Crippen molar-refractivity contribution in [2.75, 3.05) is 13.6 Å². The Kier molecular flexibility index (Phi) is 5.60. The van der Waals surface area contributed by atoms with Crippen LogP contribution in [0, 0.1) is 5.41 Å². The summed E-state index contributed by atoms with van der Waals surface area (Å²) >= 11 is 0. The highest BCUT2D eigenvalue weighted by molar-refractivity contribution is 5.86. The van der Waals surface area contributed by atoms with Crippen LogP contribution >= 0.6 is 0 Å². The molecule has 0 rings (SSSR count). The molecule has 0 aliphatic rings. The van der Waals surface area contributed by atoms with Gasteiger partial charge in [-0.15, -0.1) is 0 Å². The van der Waals surface area contributed by atoms with E-state index < -0.39 is 30.1 Å². The van der Waals surface area contributed by atoms with Crippen LogP contribution in [-0.4, -0.2) is 42.8 Å². The molecule has 7 heteroatoms. The second-order valence-electron chi connectivity index (χ2n) is 4.39. The minimum Gasteiger partial charge on any atom is -0.425 e. The van der Waals surface area contributed by atoms with E-state index in [0.717, 1.165) is 0 Å². The lowest BCUT2D eigenvalue weighted by atomic mass is 9.96. The molecule has 17 heavy (non-hydrogen) atoms. The highest BCUT2D eigenvalue weighted by Gasteiger charge is 2.23. The van der Waals surface area contributed by atoms with Gasteiger partial charge in [-0.1, -0.05) is 20.8 Å². The van der Waals surface area contributed by atoms with Gasteiger partial charge in [0.15, 0.2) is 0 Å². The van der Waals surface area contributed by atoms with Gasteiger partial charge in [0, 0.05) is 12.5 Å². The van der Waals surface area contributed by atoms with Gasteiger partial charge in [-0.25, -0.2) is 0 Å². The number of hydrogen-bond donors (Lipinski definition) is 3. The van der Waals surface area contributed by atoms with E-state index in [1.54, 1.807) is 20.8 Å². The van der Waals surface area contributed by atoms with E-state index in [2.05, 4.69) is 15.4 Å². The molecule has 3 N–H and O–H groups in total. The van der Waals surface area contributed by atoms with Crippen molar-refractivity contribution in [3.8, 4) is 0 Å². The molecule has 1 atom stereocenters. The molecule has 0 fully saturated rings. The fourth-order valence-corrected chi connectivity index (χ4v) is 0.761. The van der Waals surface area contributed by atoms with E-state index in [1.807, 2.05) is 0 Å². The average molecular weight is 246 g/mol. The number of likely N-dealkylation sites (N-methyl/N-ethyl adjacent to an activating group) is 1. The van der Waals surface area contributed by atoms with Crippen molar-refractivity contribution in [2.45, 2.75) is 27.1 Å². The van der Waals surface area contributed by atoms with Gasteiger partial charge >= 0.3 is 5.97 Å². The fraction of sp³-hybridized carbons (Fsp3) is 0.700. The zero-order valence-corrected chi connectivity index (χ0v) is 10.4. The van der Waals surface area contributed by atoms with Crippen LogP contribution in [0.4, 0.5) is 0 Å². The number of aliphatic hydroxyl groups is 1. The molecule has 1 unspecified atom stereocenters. The van der Waals surface area contributed by atoms with Crippen molar-refractivity contribution in [1.82, 2.24) is 10.6 Å². The van der Waals surface area contributed by atoms with Crippen molar-refractivity contribution in [2.24, 2.45) is 5.41 Å². The fourth-order valence-electron chi connectivity index (χ4n) is 0.761. The van der Waals surface area contributed by atoms with Crippen LogP contribution in [0.3, 0.4) is 0 Å². The third kappa shape index (κ3) is 5.86. The first-order valence-corrected chi connectivity index (χ1v) is 5.06. The Morgan fingerprint density at radius 2 is 1.82 bits per heavy atom. The molecule has 0 saturated heterocycles. The molecule has 0 aliphatic carbocycles. The summed E-state index contributed by atoms with van der Waals surface area (Å²) in [5, 5.41) is 13.5. The first-order chi connectivity index (χ1) is 7.68. The van der Waals surface area contributed by atoms with Gasteiger partial charge in [0.25, 0.3) is 12.2 Å². The summed E-state index contributed by atoms with van der Waals surface area (Å²) in [6.45, 7) is 4.66. The molecule has 7 nitrogen and oxygen atoms in total. The molecule has 0 spiro atoms. The first kappa shape index (κ1) is 15.4. The standard InChI is InChI=1S/C10H18N2O5/c1-10(2,3)9(16)12-5-6(13)17-8(15)7(14)11-4/h8,15H,5H2,1-4H3,(H,11,14)(H,12,16). The number of carbonyl (C=O) groups is 3. The Labute approximate surface area is 99.5 Å². The number of nitrogens with one attached hydrogen (secondary N) is 2. The third-order valence-corrected chi connectivity index (χ3v) is 1.79. The summed E-state index contributed by atoms with van der Waals surface area (Å²) in [5.74, 6) is -2.05. The Morgan fingerprint density at radius 1 is 1.29 bits per heavy atom. The van der Waals surface area contributed by atoms with E-state index in [-0.39, 0.29) is 5.91 Å². The highest BCUT2D eigenvalue weighted by Crippen LogP contribution is 2.11. The summed E-state index contributed by atoms with van der Waals surface area (Å²) in [7, 11) is 1.29. The van der Waals surface area contributed by atoms with E-state index in [4.69, 9.17) is 5.11 Å². The molecule has 0 bridgehead atoms. The lowest BCUT2D eigenvalue weighted by Gasteiger charge is -2.17. The third-order valence-electron chi connectivity index (χ3n) is 1.79. The summed E-state index contributed by atoms with van der Waals surface area (Å²) in [5.41, 5.74) is -0.625. The molecule has 0 aromatic carbocycles. The Balaban J connectivity index is 4.05. The number of aliphatic hydroxyl groups excluding tert-OH is 1. The predicted octanol–water partition coefficient (Wildman–Crippen LogP) is -1.24. The second kappa shape index (κ2) is 6.19. The maximum Gasteiger partial charge on any atom is 0.328 e. The van der Waals surface area contributed by atoms with Crippen LogP contribution in [0.1, 0.15) is 20.8 Å². The molecule has 98 valence electrons. The second-order valence-corrected chi connectivity index (χ2v) is 4.39. The molecular weight excluding hydrogens is 228 g/mol. The van der Waals surface area contributed by atoms with Crippen LogP contribution in [-0.2, 0) is 19.1 Å². The molecular formula is C10H18N2O5. The minimum atomic E-state index is -1.86. The lowest BCUT2D eigenvalue weighted by Crippen LogP contribution is -2.41. The highest BCUT2D eigenvalue weighted by atomic mass is 16.6. The molecule has 0 aromatic heterocycles. The van der Waals surface area contributed by atoms with Crippen molar-refractivity contribution >= 4 is 17.8 Å². The Hall–Kier alpha value is -1.63. The van der Waals surface area contributed by atoms with Gasteiger partial charge in [0.05, 0.1) is 0 Å². The van der Waals surface area contributed by atoms with Crippen LogP contribution in [0.5, 0.6) is 0 Å². The number of esters is 1. The van der Waals surface area contributed by atoms with Gasteiger partial charge in [-0.3, -0.25) is 14.4 Å². The van der Waals surface area contributed by atoms with Gasteiger partial charge < -0.3 is 20.5 Å². The van der Waals surface area contributed by atoms with E-state index in [1.165, 1.54) is 7.05 Å². The number of amides is 2. The van der Waals surface area contributed by atoms with Crippen molar-refractivity contribution < 1.29 is 24.2 Å². The SMILES string of the molecule is CNC(=O)C(O)OC(=O)CNC(=O)C(C)(C)C.